The Morgan fingerprint density at radius 1 is 1.12 bits per heavy atom. The highest BCUT2D eigenvalue weighted by molar-refractivity contribution is 7.89. The van der Waals surface area contributed by atoms with E-state index in [1.165, 1.54) is 29.3 Å². The van der Waals surface area contributed by atoms with Gasteiger partial charge in [0, 0.05) is 36.4 Å². The van der Waals surface area contributed by atoms with E-state index in [0.717, 1.165) is 18.4 Å². The SMILES string of the molecule is O=S(=O)(c1ccc(Cl)nc1)N1CCC(c2c[nH]c3ccccc23)CC1. The van der Waals surface area contributed by atoms with Crippen LogP contribution in [0.25, 0.3) is 10.9 Å². The number of piperidine rings is 1. The number of rotatable bonds is 3. The van der Waals surface area contributed by atoms with Crippen molar-refractivity contribution in [3.05, 3.63) is 59.5 Å². The molecule has 1 aromatic carbocycles. The van der Waals surface area contributed by atoms with E-state index >= 15 is 0 Å². The maximum Gasteiger partial charge on any atom is 0.244 e. The van der Waals surface area contributed by atoms with Gasteiger partial charge in [-0.1, -0.05) is 29.8 Å². The van der Waals surface area contributed by atoms with E-state index in [9.17, 15) is 8.42 Å². The van der Waals surface area contributed by atoms with Gasteiger partial charge >= 0.3 is 0 Å². The van der Waals surface area contributed by atoms with Crippen molar-refractivity contribution >= 4 is 32.5 Å². The molecule has 0 spiro atoms. The molecule has 2 aromatic heterocycles. The largest absolute Gasteiger partial charge is 0.361 e. The van der Waals surface area contributed by atoms with Gasteiger partial charge in [-0.25, -0.2) is 13.4 Å². The molecule has 1 N–H and O–H groups in total. The van der Waals surface area contributed by atoms with Crippen molar-refractivity contribution in [2.45, 2.75) is 23.7 Å². The number of benzene rings is 1. The van der Waals surface area contributed by atoms with Crippen molar-refractivity contribution in [3.8, 4) is 0 Å². The topological polar surface area (TPSA) is 66.1 Å². The molecule has 0 bridgehead atoms. The average molecular weight is 376 g/mol. The molecule has 3 aromatic rings. The third-order valence-electron chi connectivity index (χ3n) is 4.85. The van der Waals surface area contributed by atoms with E-state index in [4.69, 9.17) is 11.6 Å². The first-order chi connectivity index (χ1) is 12.1. The Labute approximate surface area is 151 Å². The molecule has 0 unspecified atom stereocenters. The summed E-state index contributed by atoms with van der Waals surface area (Å²) >= 11 is 5.75. The fraction of sp³-hybridized carbons (Fsp3) is 0.278. The summed E-state index contributed by atoms with van der Waals surface area (Å²) < 4.78 is 27.0. The Kier molecular flexibility index (Phi) is 4.27. The number of H-pyrrole nitrogens is 1. The first-order valence-corrected chi connectivity index (χ1v) is 10.1. The second-order valence-corrected chi connectivity index (χ2v) is 8.61. The molecular weight excluding hydrogens is 358 g/mol. The summed E-state index contributed by atoms with van der Waals surface area (Å²) in [5.41, 5.74) is 2.40. The van der Waals surface area contributed by atoms with E-state index in [-0.39, 0.29) is 10.0 Å². The Morgan fingerprint density at radius 3 is 2.60 bits per heavy atom. The summed E-state index contributed by atoms with van der Waals surface area (Å²) in [6.07, 6.45) is 5.00. The van der Waals surface area contributed by atoms with Crippen LogP contribution in [0.3, 0.4) is 0 Å². The van der Waals surface area contributed by atoms with E-state index < -0.39 is 10.0 Å². The van der Waals surface area contributed by atoms with Gasteiger partial charge in [0.25, 0.3) is 0 Å². The predicted octanol–water partition coefficient (Wildman–Crippen LogP) is 3.78. The molecule has 0 radical (unpaired) electrons. The Balaban J connectivity index is 1.52. The second kappa shape index (κ2) is 6.44. The first kappa shape index (κ1) is 16.6. The molecule has 3 heterocycles. The molecule has 5 nitrogen and oxygen atoms in total. The van der Waals surface area contributed by atoms with Crippen LogP contribution in [0.4, 0.5) is 0 Å². The van der Waals surface area contributed by atoms with Crippen LogP contribution < -0.4 is 0 Å². The number of sulfonamides is 1. The molecule has 0 atom stereocenters. The number of para-hydroxylation sites is 1. The zero-order chi connectivity index (χ0) is 17.4. The lowest BCUT2D eigenvalue weighted by Gasteiger charge is -2.31. The minimum atomic E-state index is -3.51. The second-order valence-electron chi connectivity index (χ2n) is 6.28. The Hall–Kier alpha value is -1.89. The molecule has 4 rings (SSSR count). The zero-order valence-corrected chi connectivity index (χ0v) is 15.1. The van der Waals surface area contributed by atoms with Gasteiger partial charge in [0.05, 0.1) is 0 Å². The number of aromatic amines is 1. The number of pyridine rings is 1. The van der Waals surface area contributed by atoms with E-state index in [0.29, 0.717) is 19.0 Å². The highest BCUT2D eigenvalue weighted by atomic mass is 35.5. The summed E-state index contributed by atoms with van der Waals surface area (Å²) in [7, 11) is -3.51. The lowest BCUT2D eigenvalue weighted by atomic mass is 9.90. The van der Waals surface area contributed by atoms with Crippen LogP contribution in [0.2, 0.25) is 5.15 Å². The van der Waals surface area contributed by atoms with Gasteiger partial charge in [0.2, 0.25) is 10.0 Å². The third kappa shape index (κ3) is 3.05. The fourth-order valence-electron chi connectivity index (χ4n) is 3.50. The van der Waals surface area contributed by atoms with Crippen LogP contribution in [0.15, 0.2) is 53.7 Å². The number of halogens is 1. The lowest BCUT2D eigenvalue weighted by Crippen LogP contribution is -2.37. The van der Waals surface area contributed by atoms with Gasteiger partial charge in [-0.15, -0.1) is 0 Å². The van der Waals surface area contributed by atoms with Crippen LogP contribution in [0.5, 0.6) is 0 Å². The highest BCUT2D eigenvalue weighted by Gasteiger charge is 2.30. The van der Waals surface area contributed by atoms with Crippen molar-refractivity contribution in [3.63, 3.8) is 0 Å². The van der Waals surface area contributed by atoms with Crippen LogP contribution in [-0.2, 0) is 10.0 Å². The maximum atomic E-state index is 12.7. The van der Waals surface area contributed by atoms with Crippen molar-refractivity contribution in [1.29, 1.82) is 0 Å². The van der Waals surface area contributed by atoms with Crippen molar-refractivity contribution < 1.29 is 8.42 Å². The molecule has 0 amide bonds. The molecule has 1 saturated heterocycles. The van der Waals surface area contributed by atoms with Crippen LogP contribution in [-0.4, -0.2) is 35.8 Å². The van der Waals surface area contributed by atoms with Crippen molar-refractivity contribution in [1.82, 2.24) is 14.3 Å². The summed E-state index contributed by atoms with van der Waals surface area (Å²) in [5, 5.41) is 1.52. The number of aromatic nitrogens is 2. The minimum absolute atomic E-state index is 0.197. The molecule has 7 heteroatoms. The summed E-state index contributed by atoms with van der Waals surface area (Å²) in [4.78, 5) is 7.39. The molecule has 0 saturated carbocycles. The van der Waals surface area contributed by atoms with Gasteiger partial charge in [-0.05, 0) is 42.5 Å². The Bertz CT molecular complexity index is 991. The number of hydrogen-bond donors (Lipinski definition) is 1. The van der Waals surface area contributed by atoms with Gasteiger partial charge in [0.15, 0.2) is 0 Å². The predicted molar refractivity (Wildman–Crippen MR) is 98.3 cm³/mol. The standard InChI is InChI=1S/C18H18ClN3O2S/c19-18-6-5-14(11-21-18)25(23,24)22-9-7-13(8-10-22)16-12-20-17-4-2-1-3-15(16)17/h1-6,11-13,20H,7-10H2. The van der Waals surface area contributed by atoms with Gasteiger partial charge in [-0.3, -0.25) is 0 Å². The van der Waals surface area contributed by atoms with Crippen molar-refractivity contribution in [2.24, 2.45) is 0 Å². The van der Waals surface area contributed by atoms with Crippen LogP contribution in [0, 0.1) is 0 Å². The molecule has 0 aliphatic carbocycles. The average Bonchev–Trinajstić information content (AvgIpc) is 3.06. The smallest absolute Gasteiger partial charge is 0.244 e. The Morgan fingerprint density at radius 2 is 1.88 bits per heavy atom. The molecule has 25 heavy (non-hydrogen) atoms. The van der Waals surface area contributed by atoms with E-state index in [1.807, 2.05) is 12.1 Å². The van der Waals surface area contributed by atoms with Crippen LogP contribution in [0.1, 0.15) is 24.3 Å². The summed E-state index contributed by atoms with van der Waals surface area (Å²) in [5.74, 6) is 0.367. The quantitative estimate of drug-likeness (QED) is 0.708. The molecular formula is C18H18ClN3O2S. The summed E-state index contributed by atoms with van der Waals surface area (Å²) in [6.45, 7) is 1.02. The van der Waals surface area contributed by atoms with Crippen molar-refractivity contribution in [2.75, 3.05) is 13.1 Å². The normalized spacial score (nSPS) is 17.2. The van der Waals surface area contributed by atoms with Gasteiger partial charge in [-0.2, -0.15) is 4.31 Å². The monoisotopic (exact) mass is 375 g/mol. The van der Waals surface area contributed by atoms with E-state index in [2.05, 4.69) is 28.3 Å². The highest BCUT2D eigenvalue weighted by Crippen LogP contribution is 2.34. The summed E-state index contributed by atoms with van der Waals surface area (Å²) in [6, 6.07) is 11.2. The number of nitrogens with one attached hydrogen (secondary N) is 1. The fourth-order valence-corrected chi connectivity index (χ4v) is 5.03. The molecule has 1 aliphatic rings. The molecule has 1 fully saturated rings. The maximum absolute atomic E-state index is 12.7. The number of nitrogens with zero attached hydrogens (tertiary/aromatic N) is 2. The van der Waals surface area contributed by atoms with Gasteiger partial charge < -0.3 is 4.98 Å². The first-order valence-electron chi connectivity index (χ1n) is 8.23. The lowest BCUT2D eigenvalue weighted by molar-refractivity contribution is 0.320. The van der Waals surface area contributed by atoms with E-state index in [1.54, 1.807) is 4.31 Å². The molecule has 1 aliphatic heterocycles. The number of hydrogen-bond acceptors (Lipinski definition) is 3. The molecule has 130 valence electrons. The third-order valence-corrected chi connectivity index (χ3v) is 6.96. The number of fused-ring (bicyclic) bond motifs is 1. The zero-order valence-electron chi connectivity index (χ0n) is 13.5. The minimum Gasteiger partial charge on any atom is -0.361 e. The van der Waals surface area contributed by atoms with Crippen LogP contribution >= 0.6 is 11.6 Å². The van der Waals surface area contributed by atoms with Gasteiger partial charge in [0.1, 0.15) is 10.0 Å².